The molecule has 0 aromatic heterocycles. The molecule has 0 heterocycles. The lowest BCUT2D eigenvalue weighted by Crippen LogP contribution is -2.18. The first-order valence-corrected chi connectivity index (χ1v) is 7.83. The number of carbonyl (C=O) groups is 1. The minimum atomic E-state index is -0.425. The largest absolute Gasteiger partial charge is 0.482 e. The van der Waals surface area contributed by atoms with Crippen molar-refractivity contribution in [3.05, 3.63) is 58.6 Å². The summed E-state index contributed by atoms with van der Waals surface area (Å²) < 4.78 is 11.6. The van der Waals surface area contributed by atoms with Gasteiger partial charge >= 0.3 is 5.97 Å². The Balaban J connectivity index is 1.88. The maximum Gasteiger partial charge on any atom is 0.349 e. The molecule has 22 heavy (non-hydrogen) atoms. The molecule has 2 aromatic rings. The Kier molecular flexibility index (Phi) is 5.24. The Morgan fingerprint density at radius 2 is 1.50 bits per heavy atom. The number of hydrogen-bond donors (Lipinski definition) is 0. The van der Waals surface area contributed by atoms with Crippen molar-refractivity contribution in [2.75, 3.05) is 6.61 Å². The molecule has 0 aliphatic carbocycles. The molecule has 0 saturated heterocycles. The second-order valence-corrected chi connectivity index (χ2v) is 6.91. The number of benzene rings is 2. The molecule has 0 spiro atoms. The van der Waals surface area contributed by atoms with Crippen LogP contribution in [0, 0.1) is 0 Å². The molecule has 0 N–H and O–H groups in total. The maximum absolute atomic E-state index is 11.8. The van der Waals surface area contributed by atoms with E-state index in [4.69, 9.17) is 9.47 Å². The summed E-state index contributed by atoms with van der Waals surface area (Å²) in [6, 6.07) is 14.8. The SMILES string of the molecule is CC(C)(C)c1ccc(OC(=O)COc2ccc(Br)cc2)cc1. The van der Waals surface area contributed by atoms with Gasteiger partial charge in [-0.25, -0.2) is 4.79 Å². The zero-order valence-corrected chi connectivity index (χ0v) is 14.5. The minimum absolute atomic E-state index is 0.0766. The average molecular weight is 363 g/mol. The van der Waals surface area contributed by atoms with Crippen LogP contribution in [0.5, 0.6) is 11.5 Å². The fraction of sp³-hybridized carbons (Fsp3) is 0.278. The summed E-state index contributed by atoms with van der Waals surface area (Å²) in [7, 11) is 0. The smallest absolute Gasteiger partial charge is 0.349 e. The number of esters is 1. The van der Waals surface area contributed by atoms with Crippen molar-refractivity contribution in [1.82, 2.24) is 0 Å². The standard InChI is InChI=1S/C18H19BrO3/c1-18(2,3)13-4-8-16(9-5-13)22-17(20)12-21-15-10-6-14(19)7-11-15/h4-11H,12H2,1-3H3. The van der Waals surface area contributed by atoms with E-state index in [9.17, 15) is 4.79 Å². The van der Waals surface area contributed by atoms with Crippen LogP contribution in [0.3, 0.4) is 0 Å². The molecule has 2 rings (SSSR count). The highest BCUT2D eigenvalue weighted by Gasteiger charge is 2.13. The molecule has 0 amide bonds. The summed E-state index contributed by atoms with van der Waals surface area (Å²) >= 11 is 3.34. The van der Waals surface area contributed by atoms with Gasteiger partial charge < -0.3 is 9.47 Å². The van der Waals surface area contributed by atoms with Crippen LogP contribution in [0.4, 0.5) is 0 Å². The monoisotopic (exact) mass is 362 g/mol. The number of carbonyl (C=O) groups excluding carboxylic acids is 1. The van der Waals surface area contributed by atoms with E-state index in [1.54, 1.807) is 24.3 Å². The molecule has 116 valence electrons. The summed E-state index contributed by atoms with van der Waals surface area (Å²) in [5.41, 5.74) is 1.27. The first-order chi connectivity index (χ1) is 10.3. The van der Waals surface area contributed by atoms with Crippen LogP contribution < -0.4 is 9.47 Å². The lowest BCUT2D eigenvalue weighted by molar-refractivity contribution is -0.136. The first kappa shape index (κ1) is 16.6. The highest BCUT2D eigenvalue weighted by molar-refractivity contribution is 9.10. The van der Waals surface area contributed by atoms with Crippen LogP contribution >= 0.6 is 15.9 Å². The molecule has 0 aliphatic rings. The fourth-order valence-corrected chi connectivity index (χ4v) is 2.12. The molecule has 3 nitrogen and oxygen atoms in total. The van der Waals surface area contributed by atoms with E-state index in [-0.39, 0.29) is 12.0 Å². The van der Waals surface area contributed by atoms with Gasteiger partial charge in [-0.1, -0.05) is 48.8 Å². The Morgan fingerprint density at radius 1 is 0.955 bits per heavy atom. The lowest BCUT2D eigenvalue weighted by atomic mass is 9.87. The van der Waals surface area contributed by atoms with Gasteiger partial charge in [0, 0.05) is 4.47 Å². The molecule has 4 heteroatoms. The summed E-state index contributed by atoms with van der Waals surface area (Å²) in [4.78, 5) is 11.8. The molecule has 0 saturated carbocycles. The van der Waals surface area contributed by atoms with Crippen molar-refractivity contribution in [2.45, 2.75) is 26.2 Å². The number of ether oxygens (including phenoxy) is 2. The Morgan fingerprint density at radius 3 is 2.05 bits per heavy atom. The van der Waals surface area contributed by atoms with Crippen LogP contribution in [-0.2, 0) is 10.2 Å². The quantitative estimate of drug-likeness (QED) is 0.582. The molecule has 0 radical (unpaired) electrons. The molecule has 2 aromatic carbocycles. The van der Waals surface area contributed by atoms with Gasteiger partial charge in [-0.2, -0.15) is 0 Å². The van der Waals surface area contributed by atoms with Crippen molar-refractivity contribution in [3.8, 4) is 11.5 Å². The van der Waals surface area contributed by atoms with E-state index in [2.05, 4.69) is 36.7 Å². The van der Waals surface area contributed by atoms with Gasteiger partial charge in [0.05, 0.1) is 0 Å². The van der Waals surface area contributed by atoms with Gasteiger partial charge in [0.2, 0.25) is 0 Å². The molecular formula is C18H19BrO3. The molecule has 0 fully saturated rings. The van der Waals surface area contributed by atoms with Crippen LogP contribution in [-0.4, -0.2) is 12.6 Å². The third-order valence-electron chi connectivity index (χ3n) is 3.12. The summed E-state index contributed by atoms with van der Waals surface area (Å²) in [6.07, 6.45) is 0. The second kappa shape index (κ2) is 6.97. The van der Waals surface area contributed by atoms with Crippen molar-refractivity contribution in [3.63, 3.8) is 0 Å². The Labute approximate surface area is 139 Å². The van der Waals surface area contributed by atoms with Crippen molar-refractivity contribution < 1.29 is 14.3 Å². The van der Waals surface area contributed by atoms with Crippen LogP contribution in [0.2, 0.25) is 0 Å². The van der Waals surface area contributed by atoms with Gasteiger partial charge in [-0.15, -0.1) is 0 Å². The van der Waals surface area contributed by atoms with E-state index >= 15 is 0 Å². The Bertz CT molecular complexity index is 625. The third-order valence-corrected chi connectivity index (χ3v) is 3.65. The van der Waals surface area contributed by atoms with Crippen LogP contribution in [0.25, 0.3) is 0 Å². The van der Waals surface area contributed by atoms with E-state index in [1.807, 2.05) is 24.3 Å². The summed E-state index contributed by atoms with van der Waals surface area (Å²) in [5.74, 6) is 0.729. The number of rotatable bonds is 4. The normalized spacial score (nSPS) is 11.1. The summed E-state index contributed by atoms with van der Waals surface area (Å²) in [6.45, 7) is 6.29. The van der Waals surface area contributed by atoms with Crippen molar-refractivity contribution >= 4 is 21.9 Å². The topological polar surface area (TPSA) is 35.5 Å². The van der Waals surface area contributed by atoms with Crippen LogP contribution in [0.15, 0.2) is 53.0 Å². The van der Waals surface area contributed by atoms with Gasteiger partial charge in [0.15, 0.2) is 6.61 Å². The zero-order chi connectivity index (χ0) is 16.2. The zero-order valence-electron chi connectivity index (χ0n) is 12.9. The van der Waals surface area contributed by atoms with E-state index in [0.717, 1.165) is 4.47 Å². The average Bonchev–Trinajstić information content (AvgIpc) is 2.46. The highest BCUT2D eigenvalue weighted by Crippen LogP contribution is 2.24. The van der Waals surface area contributed by atoms with Gasteiger partial charge in [0.25, 0.3) is 0 Å². The molecular weight excluding hydrogens is 344 g/mol. The van der Waals surface area contributed by atoms with E-state index in [1.165, 1.54) is 5.56 Å². The van der Waals surface area contributed by atoms with Crippen molar-refractivity contribution in [2.24, 2.45) is 0 Å². The first-order valence-electron chi connectivity index (χ1n) is 7.04. The number of hydrogen-bond acceptors (Lipinski definition) is 3. The molecule has 0 unspecified atom stereocenters. The van der Waals surface area contributed by atoms with Crippen molar-refractivity contribution in [1.29, 1.82) is 0 Å². The maximum atomic E-state index is 11.8. The van der Waals surface area contributed by atoms with E-state index in [0.29, 0.717) is 11.5 Å². The molecule has 0 bridgehead atoms. The van der Waals surface area contributed by atoms with Gasteiger partial charge in [0.1, 0.15) is 11.5 Å². The predicted octanol–water partition coefficient (Wildman–Crippen LogP) is 4.73. The third kappa shape index (κ3) is 4.88. The highest BCUT2D eigenvalue weighted by atomic mass is 79.9. The minimum Gasteiger partial charge on any atom is -0.482 e. The molecule has 0 atom stereocenters. The van der Waals surface area contributed by atoms with Crippen LogP contribution in [0.1, 0.15) is 26.3 Å². The summed E-state index contributed by atoms with van der Waals surface area (Å²) in [5, 5.41) is 0. The lowest BCUT2D eigenvalue weighted by Gasteiger charge is -2.19. The van der Waals surface area contributed by atoms with Gasteiger partial charge in [-0.05, 0) is 47.4 Å². The number of halogens is 1. The second-order valence-electron chi connectivity index (χ2n) is 5.99. The Hall–Kier alpha value is -1.81. The fourth-order valence-electron chi connectivity index (χ4n) is 1.86. The molecule has 0 aliphatic heterocycles. The van der Waals surface area contributed by atoms with E-state index < -0.39 is 5.97 Å². The van der Waals surface area contributed by atoms with Gasteiger partial charge in [-0.3, -0.25) is 0 Å². The predicted molar refractivity (Wildman–Crippen MR) is 90.4 cm³/mol.